The van der Waals surface area contributed by atoms with Crippen LogP contribution >= 0.6 is 11.6 Å². The lowest BCUT2D eigenvalue weighted by molar-refractivity contribution is -0.117. The van der Waals surface area contributed by atoms with Crippen LogP contribution in [0.15, 0.2) is 59.0 Å². The number of nitrogens with zero attached hydrogens (tertiary/aromatic N) is 1. The van der Waals surface area contributed by atoms with Gasteiger partial charge in [-0.15, -0.1) is 0 Å². The van der Waals surface area contributed by atoms with Crippen LogP contribution in [0.4, 0.5) is 5.69 Å². The molecule has 0 spiro atoms. The van der Waals surface area contributed by atoms with Crippen molar-refractivity contribution < 1.29 is 18.7 Å². The summed E-state index contributed by atoms with van der Waals surface area (Å²) in [6.45, 7) is 0.688. The zero-order valence-electron chi connectivity index (χ0n) is 16.6. The number of likely N-dealkylation sites (N-methyl/N-ethyl adjacent to an activating group) is 1. The topological polar surface area (TPSA) is 63.9 Å². The standard InChI is InChI=1S/C22H23ClN2O4/c1-25(13-18-9-10-20(29-18)15-4-6-16(23)7-5-15)14-22(26)24-19-12-17(27-2)8-11-21(19)28-3/h4-12H,13-14H2,1-3H3,(H,24,26). The number of nitrogens with one attached hydrogen (secondary N) is 1. The molecule has 3 rings (SSSR count). The van der Waals surface area contributed by atoms with E-state index in [0.29, 0.717) is 28.8 Å². The van der Waals surface area contributed by atoms with Gasteiger partial charge < -0.3 is 19.2 Å². The van der Waals surface area contributed by atoms with E-state index in [4.69, 9.17) is 25.5 Å². The summed E-state index contributed by atoms with van der Waals surface area (Å²) in [5.74, 6) is 2.57. The molecule has 152 valence electrons. The van der Waals surface area contributed by atoms with Gasteiger partial charge in [-0.05, 0) is 55.6 Å². The molecule has 0 bridgehead atoms. The molecule has 1 amide bonds. The van der Waals surface area contributed by atoms with Crippen LogP contribution in [-0.2, 0) is 11.3 Å². The number of carbonyl (C=O) groups is 1. The number of hydrogen-bond donors (Lipinski definition) is 1. The van der Waals surface area contributed by atoms with Crippen molar-refractivity contribution >= 4 is 23.2 Å². The van der Waals surface area contributed by atoms with Gasteiger partial charge in [0.15, 0.2) is 0 Å². The van der Waals surface area contributed by atoms with Crippen molar-refractivity contribution in [2.24, 2.45) is 0 Å². The lowest BCUT2D eigenvalue weighted by Crippen LogP contribution is -2.29. The number of methoxy groups -OCH3 is 2. The Morgan fingerprint density at radius 2 is 1.83 bits per heavy atom. The SMILES string of the molecule is COc1ccc(OC)c(NC(=O)CN(C)Cc2ccc(-c3ccc(Cl)cc3)o2)c1. The Hall–Kier alpha value is -2.96. The molecule has 0 saturated carbocycles. The Morgan fingerprint density at radius 1 is 1.07 bits per heavy atom. The molecule has 0 atom stereocenters. The second-order valence-electron chi connectivity index (χ2n) is 6.56. The largest absolute Gasteiger partial charge is 0.497 e. The van der Waals surface area contributed by atoms with E-state index >= 15 is 0 Å². The minimum Gasteiger partial charge on any atom is -0.497 e. The number of amides is 1. The van der Waals surface area contributed by atoms with Crippen molar-refractivity contribution in [3.8, 4) is 22.8 Å². The van der Waals surface area contributed by atoms with Crippen molar-refractivity contribution in [3.63, 3.8) is 0 Å². The molecule has 0 unspecified atom stereocenters. The molecule has 7 heteroatoms. The van der Waals surface area contributed by atoms with Gasteiger partial charge in [0.1, 0.15) is 23.0 Å². The molecule has 1 N–H and O–H groups in total. The molecule has 3 aromatic rings. The average Bonchev–Trinajstić information content (AvgIpc) is 3.16. The highest BCUT2D eigenvalue weighted by Gasteiger charge is 2.13. The first-order chi connectivity index (χ1) is 14.0. The predicted octanol–water partition coefficient (Wildman–Crippen LogP) is 4.69. The third-order valence-electron chi connectivity index (χ3n) is 4.31. The van der Waals surface area contributed by atoms with Crippen LogP contribution in [0.25, 0.3) is 11.3 Å². The monoisotopic (exact) mass is 414 g/mol. The molecule has 0 fully saturated rings. The number of rotatable bonds is 8. The number of anilines is 1. The molecule has 0 aliphatic carbocycles. The summed E-state index contributed by atoms with van der Waals surface area (Å²) in [5.41, 5.74) is 1.51. The number of furan rings is 1. The fraction of sp³-hybridized carbons (Fsp3) is 0.227. The lowest BCUT2D eigenvalue weighted by atomic mass is 10.2. The van der Waals surface area contributed by atoms with Gasteiger partial charge in [0, 0.05) is 16.7 Å². The van der Waals surface area contributed by atoms with E-state index in [-0.39, 0.29) is 12.5 Å². The molecular formula is C22H23ClN2O4. The van der Waals surface area contributed by atoms with Gasteiger partial charge in [-0.2, -0.15) is 0 Å². The van der Waals surface area contributed by atoms with Crippen LogP contribution in [0.2, 0.25) is 5.02 Å². The molecule has 0 saturated heterocycles. The maximum Gasteiger partial charge on any atom is 0.238 e. The molecule has 29 heavy (non-hydrogen) atoms. The van der Waals surface area contributed by atoms with Gasteiger partial charge in [0.2, 0.25) is 5.91 Å². The zero-order valence-corrected chi connectivity index (χ0v) is 17.3. The third-order valence-corrected chi connectivity index (χ3v) is 4.56. The molecule has 6 nitrogen and oxygen atoms in total. The van der Waals surface area contributed by atoms with Gasteiger partial charge in [-0.3, -0.25) is 9.69 Å². The Kier molecular flexibility index (Phi) is 6.80. The van der Waals surface area contributed by atoms with E-state index < -0.39 is 0 Å². The van der Waals surface area contributed by atoms with Gasteiger partial charge >= 0.3 is 0 Å². The number of benzene rings is 2. The predicted molar refractivity (Wildman–Crippen MR) is 114 cm³/mol. The van der Waals surface area contributed by atoms with Gasteiger partial charge in [-0.25, -0.2) is 0 Å². The quantitative estimate of drug-likeness (QED) is 0.579. The Labute approximate surface area is 175 Å². The molecular weight excluding hydrogens is 392 g/mol. The third kappa shape index (κ3) is 5.53. The fourth-order valence-corrected chi connectivity index (χ4v) is 3.03. The highest BCUT2D eigenvalue weighted by molar-refractivity contribution is 6.30. The minimum absolute atomic E-state index is 0.163. The Morgan fingerprint density at radius 3 is 2.52 bits per heavy atom. The average molecular weight is 415 g/mol. The smallest absolute Gasteiger partial charge is 0.238 e. The molecule has 0 aliphatic heterocycles. The van der Waals surface area contributed by atoms with Gasteiger partial charge in [-0.1, -0.05) is 11.6 Å². The van der Waals surface area contributed by atoms with Crippen LogP contribution in [0, 0.1) is 0 Å². The summed E-state index contributed by atoms with van der Waals surface area (Å²) in [6.07, 6.45) is 0. The molecule has 1 heterocycles. The summed E-state index contributed by atoms with van der Waals surface area (Å²) < 4.78 is 16.4. The first kappa shape index (κ1) is 20.8. The lowest BCUT2D eigenvalue weighted by Gasteiger charge is -2.16. The van der Waals surface area contributed by atoms with Crippen molar-refractivity contribution in [3.05, 3.63) is 65.4 Å². The van der Waals surface area contributed by atoms with E-state index in [1.54, 1.807) is 32.4 Å². The fourth-order valence-electron chi connectivity index (χ4n) is 2.90. The first-order valence-corrected chi connectivity index (χ1v) is 9.41. The molecule has 0 aliphatic rings. The van der Waals surface area contributed by atoms with E-state index in [0.717, 1.165) is 17.1 Å². The van der Waals surface area contributed by atoms with Gasteiger partial charge in [0.05, 0.1) is 33.0 Å². The highest BCUT2D eigenvalue weighted by Crippen LogP contribution is 2.29. The van der Waals surface area contributed by atoms with E-state index in [2.05, 4.69) is 5.32 Å². The normalized spacial score (nSPS) is 10.8. The Balaban J connectivity index is 1.59. The molecule has 0 radical (unpaired) electrons. The maximum absolute atomic E-state index is 12.4. The number of hydrogen-bond acceptors (Lipinski definition) is 5. The van der Waals surface area contributed by atoms with E-state index in [9.17, 15) is 4.79 Å². The molecule has 2 aromatic carbocycles. The van der Waals surface area contributed by atoms with Crippen molar-refractivity contribution in [1.82, 2.24) is 4.90 Å². The second-order valence-corrected chi connectivity index (χ2v) is 7.00. The summed E-state index contributed by atoms with van der Waals surface area (Å²) in [5, 5.41) is 3.54. The molecule has 1 aromatic heterocycles. The highest BCUT2D eigenvalue weighted by atomic mass is 35.5. The number of ether oxygens (including phenoxy) is 2. The maximum atomic E-state index is 12.4. The van der Waals surface area contributed by atoms with Crippen molar-refractivity contribution in [1.29, 1.82) is 0 Å². The first-order valence-electron chi connectivity index (χ1n) is 9.03. The second kappa shape index (κ2) is 9.49. The van der Waals surface area contributed by atoms with Gasteiger partial charge in [0.25, 0.3) is 0 Å². The minimum atomic E-state index is -0.163. The van der Waals surface area contributed by atoms with Crippen LogP contribution in [0.3, 0.4) is 0 Å². The zero-order chi connectivity index (χ0) is 20.8. The summed E-state index contributed by atoms with van der Waals surface area (Å²) in [7, 11) is 4.98. The number of carbonyl (C=O) groups excluding carboxylic acids is 1. The van der Waals surface area contributed by atoms with Crippen molar-refractivity contribution in [2.45, 2.75) is 6.54 Å². The van der Waals surface area contributed by atoms with Crippen LogP contribution in [0.5, 0.6) is 11.5 Å². The Bertz CT molecular complexity index is 969. The summed E-state index contributed by atoms with van der Waals surface area (Å²) >= 11 is 5.93. The summed E-state index contributed by atoms with van der Waals surface area (Å²) in [4.78, 5) is 14.3. The van der Waals surface area contributed by atoms with Crippen LogP contribution in [0.1, 0.15) is 5.76 Å². The van der Waals surface area contributed by atoms with E-state index in [1.807, 2.05) is 48.3 Å². The van der Waals surface area contributed by atoms with E-state index in [1.165, 1.54) is 0 Å². The van der Waals surface area contributed by atoms with Crippen LogP contribution < -0.4 is 14.8 Å². The number of halogens is 1. The summed E-state index contributed by atoms with van der Waals surface area (Å²) in [6, 6.07) is 16.5. The van der Waals surface area contributed by atoms with Crippen molar-refractivity contribution in [2.75, 3.05) is 33.1 Å². The van der Waals surface area contributed by atoms with Crippen LogP contribution in [-0.4, -0.2) is 38.6 Å².